The van der Waals surface area contributed by atoms with Crippen LogP contribution in [-0.2, 0) is 4.79 Å². The lowest BCUT2D eigenvalue weighted by Crippen LogP contribution is -2.41. The molecule has 0 bridgehead atoms. The maximum Gasteiger partial charge on any atom is 0.326 e. The van der Waals surface area contributed by atoms with E-state index < -0.39 is 17.9 Å². The number of hydrogen-bond acceptors (Lipinski definition) is 4. The SMILES string of the molecule is CC(C)C[C@@H](NC(=O)c1ncsc1-c1ccccc1)C(=O)O. The molecular weight excluding hydrogens is 300 g/mol. The summed E-state index contributed by atoms with van der Waals surface area (Å²) in [6.07, 6.45) is 0.381. The third-order valence-corrected chi connectivity index (χ3v) is 4.00. The van der Waals surface area contributed by atoms with Gasteiger partial charge in [0.05, 0.1) is 10.4 Å². The molecule has 0 aliphatic carbocycles. The summed E-state index contributed by atoms with van der Waals surface area (Å²) in [6, 6.07) is 8.55. The first-order valence-corrected chi connectivity index (χ1v) is 7.89. The maximum atomic E-state index is 12.4. The molecule has 1 atom stereocenters. The van der Waals surface area contributed by atoms with Crippen LogP contribution in [-0.4, -0.2) is 28.0 Å². The number of aromatic nitrogens is 1. The molecule has 1 heterocycles. The lowest BCUT2D eigenvalue weighted by atomic mass is 10.0. The third kappa shape index (κ3) is 3.92. The fraction of sp³-hybridized carbons (Fsp3) is 0.312. The molecule has 0 unspecified atom stereocenters. The van der Waals surface area contributed by atoms with Crippen molar-refractivity contribution in [3.63, 3.8) is 0 Å². The van der Waals surface area contributed by atoms with Crippen molar-refractivity contribution in [1.82, 2.24) is 10.3 Å². The van der Waals surface area contributed by atoms with Gasteiger partial charge >= 0.3 is 5.97 Å². The van der Waals surface area contributed by atoms with Gasteiger partial charge in [-0.2, -0.15) is 0 Å². The fourth-order valence-electron chi connectivity index (χ4n) is 2.12. The first-order valence-electron chi connectivity index (χ1n) is 7.01. The second kappa shape index (κ2) is 7.17. The zero-order valence-corrected chi connectivity index (χ0v) is 13.3. The quantitative estimate of drug-likeness (QED) is 0.858. The Labute approximate surface area is 133 Å². The molecule has 2 N–H and O–H groups in total. The van der Waals surface area contributed by atoms with E-state index in [-0.39, 0.29) is 11.6 Å². The number of thiazole rings is 1. The lowest BCUT2D eigenvalue weighted by molar-refractivity contribution is -0.139. The van der Waals surface area contributed by atoms with E-state index in [1.54, 1.807) is 5.51 Å². The van der Waals surface area contributed by atoms with Crippen LogP contribution in [0.15, 0.2) is 35.8 Å². The van der Waals surface area contributed by atoms with Crippen LogP contribution in [0.2, 0.25) is 0 Å². The standard InChI is InChI=1S/C16H18N2O3S/c1-10(2)8-12(16(20)21)18-15(19)13-14(22-9-17-13)11-6-4-3-5-7-11/h3-7,9-10,12H,8H2,1-2H3,(H,18,19)(H,20,21)/t12-/m1/s1. The molecule has 6 heteroatoms. The first kappa shape index (κ1) is 16.2. The largest absolute Gasteiger partial charge is 0.480 e. The number of amides is 1. The number of carbonyl (C=O) groups excluding carboxylic acids is 1. The highest BCUT2D eigenvalue weighted by atomic mass is 32.1. The fourth-order valence-corrected chi connectivity index (χ4v) is 2.91. The van der Waals surface area contributed by atoms with Gasteiger partial charge in [-0.1, -0.05) is 44.2 Å². The Balaban J connectivity index is 2.20. The third-order valence-electron chi connectivity index (χ3n) is 3.13. The molecule has 1 aromatic heterocycles. The van der Waals surface area contributed by atoms with Crippen LogP contribution in [0.4, 0.5) is 0 Å². The van der Waals surface area contributed by atoms with E-state index in [0.29, 0.717) is 6.42 Å². The van der Waals surface area contributed by atoms with Crippen LogP contribution in [0.25, 0.3) is 10.4 Å². The number of benzene rings is 1. The number of carbonyl (C=O) groups is 2. The maximum absolute atomic E-state index is 12.4. The summed E-state index contributed by atoms with van der Waals surface area (Å²) in [7, 11) is 0. The van der Waals surface area contributed by atoms with Crippen LogP contribution in [0.5, 0.6) is 0 Å². The van der Waals surface area contributed by atoms with Crippen LogP contribution >= 0.6 is 11.3 Å². The van der Waals surface area contributed by atoms with Crippen molar-refractivity contribution in [3.05, 3.63) is 41.5 Å². The molecular formula is C16H18N2O3S. The van der Waals surface area contributed by atoms with E-state index in [9.17, 15) is 14.7 Å². The van der Waals surface area contributed by atoms with Crippen molar-refractivity contribution < 1.29 is 14.7 Å². The van der Waals surface area contributed by atoms with Gasteiger partial charge in [0.25, 0.3) is 5.91 Å². The number of hydrogen-bond donors (Lipinski definition) is 2. The highest BCUT2D eigenvalue weighted by molar-refractivity contribution is 7.13. The van der Waals surface area contributed by atoms with Gasteiger partial charge in [-0.3, -0.25) is 4.79 Å². The van der Waals surface area contributed by atoms with Gasteiger partial charge in [-0.25, -0.2) is 9.78 Å². The summed E-state index contributed by atoms with van der Waals surface area (Å²) in [5.74, 6) is -1.31. The summed E-state index contributed by atoms with van der Waals surface area (Å²) >= 11 is 1.36. The van der Waals surface area contributed by atoms with Crippen molar-refractivity contribution in [2.45, 2.75) is 26.3 Å². The molecule has 1 amide bonds. The summed E-state index contributed by atoms with van der Waals surface area (Å²) in [4.78, 5) is 28.5. The molecule has 0 saturated heterocycles. The zero-order chi connectivity index (χ0) is 16.1. The van der Waals surface area contributed by atoms with E-state index in [1.165, 1.54) is 11.3 Å². The summed E-state index contributed by atoms with van der Waals surface area (Å²) < 4.78 is 0. The monoisotopic (exact) mass is 318 g/mol. The smallest absolute Gasteiger partial charge is 0.326 e. The van der Waals surface area contributed by atoms with Gasteiger partial charge in [0.15, 0.2) is 0 Å². The van der Waals surface area contributed by atoms with E-state index in [2.05, 4.69) is 10.3 Å². The van der Waals surface area contributed by atoms with Crippen molar-refractivity contribution in [3.8, 4) is 10.4 Å². The van der Waals surface area contributed by atoms with Gasteiger partial charge in [0.1, 0.15) is 11.7 Å². The average Bonchev–Trinajstić information content (AvgIpc) is 2.96. The summed E-state index contributed by atoms with van der Waals surface area (Å²) in [5, 5.41) is 11.8. The molecule has 5 nitrogen and oxygen atoms in total. The minimum atomic E-state index is -1.03. The highest BCUT2D eigenvalue weighted by Crippen LogP contribution is 2.27. The van der Waals surface area contributed by atoms with Crippen molar-refractivity contribution in [1.29, 1.82) is 0 Å². The van der Waals surface area contributed by atoms with Crippen LogP contribution in [0, 0.1) is 5.92 Å². The predicted octanol–water partition coefficient (Wildman–Crippen LogP) is 3.04. The Morgan fingerprint density at radius 1 is 1.27 bits per heavy atom. The van der Waals surface area contributed by atoms with E-state index >= 15 is 0 Å². The Bertz CT molecular complexity index is 652. The van der Waals surface area contributed by atoms with E-state index in [0.717, 1.165) is 10.4 Å². The number of rotatable bonds is 6. The van der Waals surface area contributed by atoms with Gasteiger partial charge in [-0.15, -0.1) is 11.3 Å². The first-order chi connectivity index (χ1) is 10.5. The Hall–Kier alpha value is -2.21. The van der Waals surface area contributed by atoms with E-state index in [1.807, 2.05) is 44.2 Å². The molecule has 0 radical (unpaired) electrons. The predicted molar refractivity (Wildman–Crippen MR) is 85.9 cm³/mol. The van der Waals surface area contributed by atoms with Crippen LogP contribution in [0.1, 0.15) is 30.8 Å². The summed E-state index contributed by atoms with van der Waals surface area (Å²) in [5.41, 5.74) is 2.76. The Morgan fingerprint density at radius 2 is 1.95 bits per heavy atom. The van der Waals surface area contributed by atoms with Gasteiger partial charge in [-0.05, 0) is 17.9 Å². The normalized spacial score (nSPS) is 12.1. The molecule has 0 saturated carbocycles. The Morgan fingerprint density at radius 3 is 2.55 bits per heavy atom. The minimum Gasteiger partial charge on any atom is -0.480 e. The second-order valence-electron chi connectivity index (χ2n) is 5.39. The number of carboxylic acids is 1. The molecule has 2 aromatic rings. The van der Waals surface area contributed by atoms with Gasteiger partial charge in [0, 0.05) is 0 Å². The average molecular weight is 318 g/mol. The van der Waals surface area contributed by atoms with E-state index in [4.69, 9.17) is 0 Å². The number of aliphatic carboxylic acids is 1. The van der Waals surface area contributed by atoms with Crippen molar-refractivity contribution >= 4 is 23.2 Å². The number of nitrogens with one attached hydrogen (secondary N) is 1. The minimum absolute atomic E-state index is 0.172. The van der Waals surface area contributed by atoms with Gasteiger partial charge in [0.2, 0.25) is 0 Å². The van der Waals surface area contributed by atoms with Crippen molar-refractivity contribution in [2.24, 2.45) is 5.92 Å². The molecule has 0 aliphatic heterocycles. The molecule has 116 valence electrons. The van der Waals surface area contributed by atoms with Crippen molar-refractivity contribution in [2.75, 3.05) is 0 Å². The molecule has 2 rings (SSSR count). The second-order valence-corrected chi connectivity index (χ2v) is 6.24. The summed E-state index contributed by atoms with van der Waals surface area (Å²) in [6.45, 7) is 3.83. The molecule has 1 aromatic carbocycles. The number of nitrogens with zero attached hydrogens (tertiary/aromatic N) is 1. The van der Waals surface area contributed by atoms with Crippen LogP contribution in [0.3, 0.4) is 0 Å². The molecule has 0 spiro atoms. The van der Waals surface area contributed by atoms with Crippen LogP contribution < -0.4 is 5.32 Å². The number of carboxylic acid groups (broad SMARTS) is 1. The molecule has 0 aliphatic rings. The van der Waals surface area contributed by atoms with Gasteiger partial charge < -0.3 is 10.4 Å². The Kier molecular flexibility index (Phi) is 5.27. The topological polar surface area (TPSA) is 79.3 Å². The molecule has 0 fully saturated rings. The molecule has 22 heavy (non-hydrogen) atoms. The highest BCUT2D eigenvalue weighted by Gasteiger charge is 2.24. The lowest BCUT2D eigenvalue weighted by Gasteiger charge is -2.16. The zero-order valence-electron chi connectivity index (χ0n) is 12.4.